The van der Waals surface area contributed by atoms with Gasteiger partial charge >= 0.3 is 68.9 Å². The van der Waals surface area contributed by atoms with Crippen molar-refractivity contribution in [3.63, 3.8) is 0 Å². The first kappa shape index (κ1) is 17.8. The van der Waals surface area contributed by atoms with Gasteiger partial charge in [-0.15, -0.1) is 5.92 Å². The summed E-state index contributed by atoms with van der Waals surface area (Å²) >= 11 is 11.5. The molecule has 0 radical (unpaired) electrons. The van der Waals surface area contributed by atoms with Crippen molar-refractivity contribution in [2.45, 2.75) is 26.2 Å². The van der Waals surface area contributed by atoms with E-state index in [2.05, 4.69) is 0 Å². The monoisotopic (exact) mass is 410 g/mol. The normalized spacial score (nSPS) is 22.9. The molecule has 2 rings (SSSR count). The van der Waals surface area contributed by atoms with Crippen molar-refractivity contribution < 1.29 is 82.8 Å². The van der Waals surface area contributed by atoms with E-state index < -0.39 is 5.82 Å². The quantitative estimate of drug-likeness (QED) is 0.550. The van der Waals surface area contributed by atoms with Crippen LogP contribution in [0.4, 0.5) is 4.39 Å². The Morgan fingerprint density at radius 2 is 2.17 bits per heavy atom. The van der Waals surface area contributed by atoms with Crippen LogP contribution in [0.2, 0.25) is 10.0 Å². The van der Waals surface area contributed by atoms with Crippen LogP contribution in [0.1, 0.15) is 18.9 Å². The van der Waals surface area contributed by atoms with E-state index in [1.54, 1.807) is 6.61 Å². The molecule has 1 saturated heterocycles. The van der Waals surface area contributed by atoms with E-state index in [1.165, 1.54) is 12.1 Å². The maximum Gasteiger partial charge on any atom is 1.00 e. The maximum absolute atomic E-state index is 13.2. The average molecular weight is 411 g/mol. The fourth-order valence-corrected chi connectivity index (χ4v) is 2.04. The van der Waals surface area contributed by atoms with E-state index in [1.807, 2.05) is 6.92 Å². The second kappa shape index (κ2) is 8.22. The molecule has 6 heteroatoms. The second-order valence-electron chi connectivity index (χ2n) is 4.08. The van der Waals surface area contributed by atoms with Gasteiger partial charge < -0.3 is 9.47 Å². The van der Waals surface area contributed by atoms with Crippen LogP contribution in [-0.2, 0) is 16.1 Å². The molecule has 0 amide bonds. The van der Waals surface area contributed by atoms with Crippen LogP contribution < -0.4 is 68.9 Å². The Kier molecular flexibility index (Phi) is 8.11. The molecule has 2 atom stereocenters. The average Bonchev–Trinajstić information content (AvgIpc) is 2.68. The molecule has 1 unspecified atom stereocenters. The number of ether oxygens (including phenoxy) is 2. The SMILES string of the molecule is C[C@H]1[CH-]OC(OCc2cc(F)c(Cl)cc2Cl)C1.[Cs+]. The van der Waals surface area contributed by atoms with Crippen LogP contribution in [0, 0.1) is 18.3 Å². The third-order valence-corrected chi connectivity index (χ3v) is 3.18. The number of hydrogen-bond donors (Lipinski definition) is 0. The van der Waals surface area contributed by atoms with E-state index in [0.29, 0.717) is 16.5 Å². The van der Waals surface area contributed by atoms with Crippen molar-refractivity contribution in [1.82, 2.24) is 0 Å². The predicted octanol–water partition coefficient (Wildman–Crippen LogP) is 1.20. The van der Waals surface area contributed by atoms with Crippen LogP contribution in [0.25, 0.3) is 0 Å². The van der Waals surface area contributed by atoms with Gasteiger partial charge in [0.1, 0.15) is 12.1 Å². The fraction of sp³-hybridized carbons (Fsp3) is 0.417. The maximum atomic E-state index is 13.2. The summed E-state index contributed by atoms with van der Waals surface area (Å²) in [6.45, 7) is 3.99. The molecular formula is C12H12Cl2CsFO2. The molecule has 0 aliphatic carbocycles. The van der Waals surface area contributed by atoms with Gasteiger partial charge in [-0.1, -0.05) is 30.1 Å². The molecule has 0 aromatic heterocycles. The minimum absolute atomic E-state index is 0. The van der Waals surface area contributed by atoms with Crippen molar-refractivity contribution in [2.75, 3.05) is 0 Å². The van der Waals surface area contributed by atoms with Gasteiger partial charge in [0.15, 0.2) is 0 Å². The fourth-order valence-electron chi connectivity index (χ4n) is 1.60. The largest absolute Gasteiger partial charge is 1.00 e. The van der Waals surface area contributed by atoms with E-state index in [4.69, 9.17) is 32.7 Å². The molecule has 2 nitrogen and oxygen atoms in total. The Labute approximate surface area is 175 Å². The van der Waals surface area contributed by atoms with Crippen LogP contribution in [0.15, 0.2) is 12.1 Å². The Morgan fingerprint density at radius 3 is 2.78 bits per heavy atom. The molecule has 1 fully saturated rings. The summed E-state index contributed by atoms with van der Waals surface area (Å²) in [5.41, 5.74) is 0.566. The van der Waals surface area contributed by atoms with Gasteiger partial charge in [0.2, 0.25) is 0 Å². The summed E-state index contributed by atoms with van der Waals surface area (Å²) in [6, 6.07) is 2.66. The molecule has 1 aliphatic heterocycles. The van der Waals surface area contributed by atoms with Gasteiger partial charge in [-0.3, -0.25) is 0 Å². The van der Waals surface area contributed by atoms with Crippen molar-refractivity contribution in [2.24, 2.45) is 5.92 Å². The topological polar surface area (TPSA) is 18.5 Å². The molecule has 0 saturated carbocycles. The van der Waals surface area contributed by atoms with Crippen molar-refractivity contribution >= 4 is 23.2 Å². The summed E-state index contributed by atoms with van der Waals surface area (Å²) in [4.78, 5) is 0. The van der Waals surface area contributed by atoms with Gasteiger partial charge in [0.25, 0.3) is 0 Å². The zero-order valence-corrected chi connectivity index (χ0v) is 18.0. The zero-order valence-electron chi connectivity index (χ0n) is 10.3. The van der Waals surface area contributed by atoms with Gasteiger partial charge in [-0.25, -0.2) is 11.0 Å². The number of benzene rings is 1. The Hall–Kier alpha value is 1.70. The third kappa shape index (κ3) is 4.91. The third-order valence-electron chi connectivity index (χ3n) is 2.54. The smallest absolute Gasteiger partial charge is 0.529 e. The minimum atomic E-state index is -0.498. The molecule has 1 heterocycles. The van der Waals surface area contributed by atoms with Crippen molar-refractivity contribution in [1.29, 1.82) is 0 Å². The van der Waals surface area contributed by atoms with E-state index >= 15 is 0 Å². The van der Waals surface area contributed by atoms with Gasteiger partial charge in [-0.05, 0) is 24.1 Å². The summed E-state index contributed by atoms with van der Waals surface area (Å²) in [5.74, 6) is -0.126. The molecule has 1 aromatic rings. The van der Waals surface area contributed by atoms with Crippen LogP contribution >= 0.6 is 23.2 Å². The van der Waals surface area contributed by atoms with Gasteiger partial charge in [0, 0.05) is 5.02 Å². The Morgan fingerprint density at radius 1 is 1.44 bits per heavy atom. The number of halogens is 3. The van der Waals surface area contributed by atoms with Crippen LogP contribution in [-0.4, -0.2) is 6.29 Å². The molecule has 0 spiro atoms. The first-order valence-electron chi connectivity index (χ1n) is 5.30. The van der Waals surface area contributed by atoms with E-state index in [-0.39, 0.29) is 86.8 Å². The molecule has 94 valence electrons. The minimum Gasteiger partial charge on any atom is -0.529 e. The molecule has 0 N–H and O–H groups in total. The number of rotatable bonds is 3. The predicted molar refractivity (Wildman–Crippen MR) is 64.2 cm³/mol. The van der Waals surface area contributed by atoms with E-state index in [9.17, 15) is 4.39 Å². The van der Waals surface area contributed by atoms with Crippen LogP contribution in [0.3, 0.4) is 0 Å². The van der Waals surface area contributed by atoms with E-state index in [0.717, 1.165) is 6.42 Å². The molecule has 0 bridgehead atoms. The number of hydrogen-bond acceptors (Lipinski definition) is 2. The molecule has 18 heavy (non-hydrogen) atoms. The first-order valence-corrected chi connectivity index (χ1v) is 6.05. The van der Waals surface area contributed by atoms with Crippen molar-refractivity contribution in [3.05, 3.63) is 40.2 Å². The summed E-state index contributed by atoms with van der Waals surface area (Å²) < 4.78 is 24.0. The standard InChI is InChI=1S/C12H12Cl2FO2.Cs/c1-7-2-12(16-5-7)17-6-8-3-11(15)10(14)4-9(8)13;/h3-5,7,12H,2,6H2,1H3;/q-1;+1/t7-,12?;/m1./s1. The summed E-state index contributed by atoms with van der Waals surface area (Å²) in [5, 5.41) is 0.407. The molecule has 1 aromatic carbocycles. The second-order valence-corrected chi connectivity index (χ2v) is 4.90. The van der Waals surface area contributed by atoms with Crippen LogP contribution in [0.5, 0.6) is 0 Å². The zero-order chi connectivity index (χ0) is 12.4. The van der Waals surface area contributed by atoms with Crippen molar-refractivity contribution in [3.8, 4) is 0 Å². The van der Waals surface area contributed by atoms with Gasteiger partial charge in [0.05, 0.1) is 11.6 Å². The summed E-state index contributed by atoms with van der Waals surface area (Å²) in [6.07, 6.45) is 0.521. The Bertz CT molecular complexity index is 417. The Balaban J connectivity index is 0.00000162. The summed E-state index contributed by atoms with van der Waals surface area (Å²) in [7, 11) is 0. The van der Waals surface area contributed by atoms with Gasteiger partial charge in [-0.2, -0.15) is 0 Å². The first-order chi connectivity index (χ1) is 8.06. The molecular weight excluding hydrogens is 399 g/mol. The molecule has 1 aliphatic rings.